The van der Waals surface area contributed by atoms with Crippen LogP contribution >= 0.6 is 0 Å². The largest absolute Gasteiger partial charge is 0.497 e. The minimum Gasteiger partial charge on any atom is -0.497 e. The van der Waals surface area contributed by atoms with Gasteiger partial charge in [0.1, 0.15) is 5.75 Å². The molecule has 29 heavy (non-hydrogen) atoms. The van der Waals surface area contributed by atoms with Gasteiger partial charge in [0.05, 0.1) is 12.0 Å². The number of aryl methyl sites for hydroxylation is 1. The Bertz CT molecular complexity index is 1150. The molecule has 4 nitrogen and oxygen atoms in total. The number of ether oxygens (including phenoxy) is 1. The van der Waals surface area contributed by atoms with E-state index >= 15 is 0 Å². The van der Waals surface area contributed by atoms with Gasteiger partial charge >= 0.3 is 0 Å². The van der Waals surface area contributed by atoms with Crippen LogP contribution in [-0.4, -0.2) is 26.4 Å². The summed E-state index contributed by atoms with van der Waals surface area (Å²) in [7, 11) is -2.01. The SMILES string of the molecule is COc1ccc(C2=CN(S(=O)(=O)c3ccc(C)cc3)CCc3ccccc32)cc1. The topological polar surface area (TPSA) is 46.6 Å². The van der Waals surface area contributed by atoms with Gasteiger partial charge in [0.15, 0.2) is 0 Å². The smallest absolute Gasteiger partial charge is 0.263 e. The zero-order valence-electron chi connectivity index (χ0n) is 16.5. The third kappa shape index (κ3) is 3.78. The summed E-state index contributed by atoms with van der Waals surface area (Å²) in [6, 6.07) is 22.8. The van der Waals surface area contributed by atoms with Crippen LogP contribution in [0.5, 0.6) is 5.75 Å². The summed E-state index contributed by atoms with van der Waals surface area (Å²) < 4.78 is 33.4. The highest BCUT2D eigenvalue weighted by Crippen LogP contribution is 2.32. The van der Waals surface area contributed by atoms with Crippen molar-refractivity contribution in [1.29, 1.82) is 0 Å². The third-order valence-electron chi connectivity index (χ3n) is 5.21. The summed E-state index contributed by atoms with van der Waals surface area (Å²) in [5, 5.41) is 0. The van der Waals surface area contributed by atoms with Gasteiger partial charge in [-0.1, -0.05) is 54.1 Å². The molecule has 4 rings (SSSR count). The molecule has 0 fully saturated rings. The number of methoxy groups -OCH3 is 1. The van der Waals surface area contributed by atoms with Crippen molar-refractivity contribution in [2.75, 3.05) is 13.7 Å². The molecule has 0 saturated carbocycles. The van der Waals surface area contributed by atoms with Gasteiger partial charge in [-0.2, -0.15) is 0 Å². The first-order valence-corrected chi connectivity index (χ1v) is 11.0. The molecule has 0 N–H and O–H groups in total. The monoisotopic (exact) mass is 405 g/mol. The van der Waals surface area contributed by atoms with Crippen LogP contribution < -0.4 is 4.74 Å². The maximum atomic E-state index is 13.3. The molecule has 1 aliphatic rings. The molecule has 0 bridgehead atoms. The molecular weight excluding hydrogens is 382 g/mol. The predicted octanol–water partition coefficient (Wildman–Crippen LogP) is 4.64. The fourth-order valence-electron chi connectivity index (χ4n) is 3.55. The zero-order valence-corrected chi connectivity index (χ0v) is 17.3. The van der Waals surface area contributed by atoms with E-state index in [1.807, 2.05) is 61.5 Å². The summed E-state index contributed by atoms with van der Waals surface area (Å²) in [4.78, 5) is 0.305. The van der Waals surface area contributed by atoms with Crippen LogP contribution in [0.3, 0.4) is 0 Å². The van der Waals surface area contributed by atoms with Crippen LogP contribution in [0.1, 0.15) is 22.3 Å². The quantitative estimate of drug-likeness (QED) is 0.635. The molecule has 0 atom stereocenters. The lowest BCUT2D eigenvalue weighted by atomic mass is 9.94. The van der Waals surface area contributed by atoms with E-state index in [1.54, 1.807) is 25.4 Å². The molecule has 0 aliphatic carbocycles. The van der Waals surface area contributed by atoms with E-state index in [1.165, 1.54) is 4.31 Å². The fourth-order valence-corrected chi connectivity index (χ4v) is 4.87. The normalized spacial score (nSPS) is 14.0. The van der Waals surface area contributed by atoms with Crippen molar-refractivity contribution in [3.63, 3.8) is 0 Å². The molecule has 148 valence electrons. The maximum absolute atomic E-state index is 13.3. The summed E-state index contributed by atoms with van der Waals surface area (Å²) in [5.41, 5.74) is 5.05. The van der Waals surface area contributed by atoms with E-state index < -0.39 is 10.0 Å². The van der Waals surface area contributed by atoms with Gasteiger partial charge in [-0.3, -0.25) is 4.31 Å². The number of fused-ring (bicyclic) bond motifs is 1. The molecule has 5 heteroatoms. The lowest BCUT2D eigenvalue weighted by molar-refractivity contribution is 0.415. The molecule has 0 aromatic heterocycles. The Morgan fingerprint density at radius 1 is 0.897 bits per heavy atom. The summed E-state index contributed by atoms with van der Waals surface area (Å²) in [5.74, 6) is 0.764. The molecule has 0 spiro atoms. The second-order valence-electron chi connectivity index (χ2n) is 7.11. The zero-order chi connectivity index (χ0) is 20.4. The van der Waals surface area contributed by atoms with Crippen molar-refractivity contribution in [3.8, 4) is 5.75 Å². The first-order valence-electron chi connectivity index (χ1n) is 9.52. The Kier molecular flexibility index (Phi) is 5.16. The highest BCUT2D eigenvalue weighted by molar-refractivity contribution is 7.89. The number of hydrogen-bond acceptors (Lipinski definition) is 3. The Hall–Kier alpha value is -3.05. The number of sulfonamides is 1. The molecule has 1 heterocycles. The van der Waals surface area contributed by atoms with Gasteiger partial charge in [0, 0.05) is 18.3 Å². The minimum atomic E-state index is -3.64. The lowest BCUT2D eigenvalue weighted by Gasteiger charge is -2.20. The Morgan fingerprint density at radius 3 is 2.28 bits per heavy atom. The Morgan fingerprint density at radius 2 is 1.59 bits per heavy atom. The first kappa shape index (κ1) is 19.3. The van der Waals surface area contributed by atoms with Crippen LogP contribution in [0.2, 0.25) is 0 Å². The van der Waals surface area contributed by atoms with E-state index in [9.17, 15) is 8.42 Å². The van der Waals surface area contributed by atoms with Crippen molar-refractivity contribution in [2.45, 2.75) is 18.2 Å². The van der Waals surface area contributed by atoms with Gasteiger partial charge in [0.25, 0.3) is 10.0 Å². The van der Waals surface area contributed by atoms with Crippen LogP contribution in [-0.2, 0) is 16.4 Å². The molecule has 0 radical (unpaired) electrons. The summed E-state index contributed by atoms with van der Waals surface area (Å²) in [6.07, 6.45) is 2.42. The Balaban J connectivity index is 1.83. The molecule has 0 amide bonds. The van der Waals surface area contributed by atoms with Gasteiger partial charge in [-0.25, -0.2) is 8.42 Å². The summed E-state index contributed by atoms with van der Waals surface area (Å²) in [6.45, 7) is 2.34. The maximum Gasteiger partial charge on any atom is 0.263 e. The molecule has 0 unspecified atom stereocenters. The van der Waals surface area contributed by atoms with E-state index in [-0.39, 0.29) is 0 Å². The van der Waals surface area contributed by atoms with Gasteiger partial charge in [-0.05, 0) is 54.3 Å². The molecule has 1 aliphatic heterocycles. The number of rotatable bonds is 4. The number of benzene rings is 3. The van der Waals surface area contributed by atoms with Crippen molar-refractivity contribution < 1.29 is 13.2 Å². The standard InChI is InChI=1S/C24H23NO3S/c1-18-7-13-22(14-8-18)29(26,27)25-16-15-19-5-3-4-6-23(19)24(17-25)20-9-11-21(28-2)12-10-20/h3-14,17H,15-16H2,1-2H3. The van der Waals surface area contributed by atoms with Gasteiger partial charge in [-0.15, -0.1) is 0 Å². The molecule has 3 aromatic carbocycles. The Labute approximate surface area is 172 Å². The second-order valence-corrected chi connectivity index (χ2v) is 9.00. The van der Waals surface area contributed by atoms with E-state index in [4.69, 9.17) is 4.74 Å². The average molecular weight is 406 g/mol. The van der Waals surface area contributed by atoms with Crippen LogP contribution in [0, 0.1) is 6.92 Å². The molecule has 3 aromatic rings. The molecular formula is C24H23NO3S. The summed E-state index contributed by atoms with van der Waals surface area (Å²) >= 11 is 0. The van der Waals surface area contributed by atoms with E-state index in [0.29, 0.717) is 17.9 Å². The third-order valence-corrected chi connectivity index (χ3v) is 6.98. The van der Waals surface area contributed by atoms with E-state index in [0.717, 1.165) is 33.6 Å². The van der Waals surface area contributed by atoms with Gasteiger partial charge < -0.3 is 4.74 Å². The van der Waals surface area contributed by atoms with Gasteiger partial charge in [0.2, 0.25) is 0 Å². The van der Waals surface area contributed by atoms with Crippen molar-refractivity contribution in [3.05, 3.63) is 101 Å². The highest BCUT2D eigenvalue weighted by Gasteiger charge is 2.26. The molecule has 0 saturated heterocycles. The predicted molar refractivity (Wildman–Crippen MR) is 115 cm³/mol. The van der Waals surface area contributed by atoms with Crippen LogP contribution in [0.25, 0.3) is 5.57 Å². The fraction of sp³-hybridized carbons (Fsp3) is 0.167. The van der Waals surface area contributed by atoms with Crippen molar-refractivity contribution in [2.24, 2.45) is 0 Å². The van der Waals surface area contributed by atoms with E-state index in [2.05, 4.69) is 6.07 Å². The number of nitrogens with zero attached hydrogens (tertiary/aromatic N) is 1. The van der Waals surface area contributed by atoms with Crippen LogP contribution in [0.4, 0.5) is 0 Å². The average Bonchev–Trinajstić information content (AvgIpc) is 2.95. The second kappa shape index (κ2) is 7.76. The van der Waals surface area contributed by atoms with Crippen LogP contribution in [0.15, 0.2) is 83.9 Å². The first-order chi connectivity index (χ1) is 14.0. The van der Waals surface area contributed by atoms with Crippen molar-refractivity contribution in [1.82, 2.24) is 4.31 Å². The lowest BCUT2D eigenvalue weighted by Crippen LogP contribution is -2.27. The van der Waals surface area contributed by atoms with Crippen molar-refractivity contribution >= 4 is 15.6 Å². The highest BCUT2D eigenvalue weighted by atomic mass is 32.2. The minimum absolute atomic E-state index is 0.305. The number of hydrogen-bond donors (Lipinski definition) is 0.